The number of morpholine rings is 1. The molecule has 25 heavy (non-hydrogen) atoms. The summed E-state index contributed by atoms with van der Waals surface area (Å²) in [6.07, 6.45) is 0. The first-order valence-electron chi connectivity index (χ1n) is 8.41. The monoisotopic (exact) mass is 357 g/mol. The van der Waals surface area contributed by atoms with Crippen molar-refractivity contribution in [1.82, 2.24) is 4.90 Å². The van der Waals surface area contributed by atoms with Crippen LogP contribution >= 0.6 is 12.2 Å². The van der Waals surface area contributed by atoms with E-state index in [4.69, 9.17) is 26.4 Å². The molecule has 2 aromatic carbocycles. The lowest BCUT2D eigenvalue weighted by molar-refractivity contribution is 0.0693. The second-order valence-electron chi connectivity index (χ2n) is 6.05. The molecule has 0 N–H and O–H groups in total. The highest BCUT2D eigenvalue weighted by Crippen LogP contribution is 2.29. The number of nitrogens with zero attached hydrogens (tertiary/aromatic N) is 1. The molecule has 0 aromatic heterocycles. The average Bonchev–Trinajstić information content (AvgIpc) is 2.66. The maximum absolute atomic E-state index is 5.95. The van der Waals surface area contributed by atoms with Crippen LogP contribution < -0.4 is 9.47 Å². The molecular formula is C20H23NO3S. The van der Waals surface area contributed by atoms with Crippen molar-refractivity contribution in [2.75, 3.05) is 33.4 Å². The third-order valence-electron chi connectivity index (χ3n) is 4.19. The van der Waals surface area contributed by atoms with E-state index < -0.39 is 0 Å². The Morgan fingerprint density at radius 1 is 1.12 bits per heavy atom. The number of hydrogen-bond acceptors (Lipinski definition) is 4. The molecule has 0 bridgehead atoms. The maximum Gasteiger partial charge on any atom is 0.161 e. The van der Waals surface area contributed by atoms with Crippen molar-refractivity contribution >= 4 is 17.2 Å². The second-order valence-corrected chi connectivity index (χ2v) is 6.43. The Morgan fingerprint density at radius 3 is 2.64 bits per heavy atom. The number of rotatable bonds is 5. The summed E-state index contributed by atoms with van der Waals surface area (Å²) < 4.78 is 16.8. The zero-order valence-corrected chi connectivity index (χ0v) is 15.5. The number of aryl methyl sites for hydroxylation is 1. The molecule has 1 fully saturated rings. The Bertz CT molecular complexity index is 741. The molecule has 0 aliphatic carbocycles. The lowest BCUT2D eigenvalue weighted by Gasteiger charge is -2.29. The van der Waals surface area contributed by atoms with E-state index >= 15 is 0 Å². The van der Waals surface area contributed by atoms with E-state index in [1.165, 1.54) is 5.56 Å². The normalized spacial score (nSPS) is 14.2. The second kappa shape index (κ2) is 8.32. The van der Waals surface area contributed by atoms with Crippen LogP contribution in [0.4, 0.5) is 0 Å². The van der Waals surface area contributed by atoms with E-state index in [0.717, 1.165) is 48.2 Å². The van der Waals surface area contributed by atoms with E-state index in [9.17, 15) is 0 Å². The molecule has 2 aromatic rings. The van der Waals surface area contributed by atoms with Gasteiger partial charge in [0.05, 0.1) is 20.3 Å². The summed E-state index contributed by atoms with van der Waals surface area (Å²) in [5, 5.41) is 0. The van der Waals surface area contributed by atoms with Crippen LogP contribution in [0.1, 0.15) is 16.7 Å². The SMILES string of the molecule is COc1cc(C(=S)N2CCOCC2)ccc1OCc1cccc(C)c1. The van der Waals surface area contributed by atoms with Crippen molar-refractivity contribution in [3.63, 3.8) is 0 Å². The molecule has 1 aliphatic rings. The van der Waals surface area contributed by atoms with Gasteiger partial charge in [-0.3, -0.25) is 0 Å². The zero-order valence-electron chi connectivity index (χ0n) is 14.7. The molecule has 0 atom stereocenters. The zero-order chi connectivity index (χ0) is 17.6. The van der Waals surface area contributed by atoms with Crippen molar-refractivity contribution in [2.45, 2.75) is 13.5 Å². The van der Waals surface area contributed by atoms with Gasteiger partial charge in [-0.25, -0.2) is 0 Å². The fraction of sp³-hybridized carbons (Fsp3) is 0.350. The molecule has 4 nitrogen and oxygen atoms in total. The molecule has 1 aliphatic heterocycles. The van der Waals surface area contributed by atoms with Crippen molar-refractivity contribution in [3.05, 3.63) is 59.2 Å². The minimum absolute atomic E-state index is 0.505. The van der Waals surface area contributed by atoms with Gasteiger partial charge in [0.15, 0.2) is 11.5 Å². The fourth-order valence-electron chi connectivity index (χ4n) is 2.83. The first-order valence-corrected chi connectivity index (χ1v) is 8.81. The van der Waals surface area contributed by atoms with Crippen molar-refractivity contribution in [1.29, 1.82) is 0 Å². The van der Waals surface area contributed by atoms with Gasteiger partial charge in [0.1, 0.15) is 11.6 Å². The summed E-state index contributed by atoms with van der Waals surface area (Å²) in [4.78, 5) is 2.99. The van der Waals surface area contributed by atoms with Crippen LogP contribution in [0.15, 0.2) is 42.5 Å². The number of hydrogen-bond donors (Lipinski definition) is 0. The molecule has 1 saturated heterocycles. The minimum atomic E-state index is 0.505. The molecule has 0 amide bonds. The molecular weight excluding hydrogens is 334 g/mol. The van der Waals surface area contributed by atoms with Crippen LogP contribution in [0.2, 0.25) is 0 Å². The van der Waals surface area contributed by atoms with Gasteiger partial charge in [0, 0.05) is 18.7 Å². The molecule has 0 saturated carbocycles. The third-order valence-corrected chi connectivity index (χ3v) is 4.68. The highest BCUT2D eigenvalue weighted by Gasteiger charge is 2.17. The first kappa shape index (κ1) is 17.7. The third kappa shape index (κ3) is 4.50. The lowest BCUT2D eigenvalue weighted by atomic mass is 10.1. The van der Waals surface area contributed by atoms with E-state index in [1.54, 1.807) is 7.11 Å². The van der Waals surface area contributed by atoms with Gasteiger partial charge in [-0.15, -0.1) is 0 Å². The van der Waals surface area contributed by atoms with E-state index in [0.29, 0.717) is 12.4 Å². The Labute approximate surface area is 154 Å². The van der Waals surface area contributed by atoms with Gasteiger partial charge in [-0.2, -0.15) is 0 Å². The molecule has 0 spiro atoms. The molecule has 0 radical (unpaired) electrons. The number of thiocarbonyl (C=S) groups is 1. The Morgan fingerprint density at radius 2 is 1.92 bits per heavy atom. The van der Waals surface area contributed by atoms with Gasteiger partial charge in [0.25, 0.3) is 0 Å². The van der Waals surface area contributed by atoms with Gasteiger partial charge < -0.3 is 19.1 Å². The highest BCUT2D eigenvalue weighted by molar-refractivity contribution is 7.80. The number of methoxy groups -OCH3 is 1. The summed E-state index contributed by atoms with van der Waals surface area (Å²) in [6, 6.07) is 14.2. The van der Waals surface area contributed by atoms with Crippen molar-refractivity contribution in [2.24, 2.45) is 0 Å². The average molecular weight is 357 g/mol. The quantitative estimate of drug-likeness (QED) is 0.763. The summed E-state index contributed by atoms with van der Waals surface area (Å²) in [7, 11) is 1.65. The van der Waals surface area contributed by atoms with Crippen LogP contribution in [-0.4, -0.2) is 43.3 Å². The lowest BCUT2D eigenvalue weighted by Crippen LogP contribution is -2.40. The van der Waals surface area contributed by atoms with E-state index in [-0.39, 0.29) is 0 Å². The van der Waals surface area contributed by atoms with Crippen LogP contribution in [0.25, 0.3) is 0 Å². The van der Waals surface area contributed by atoms with Crippen molar-refractivity contribution < 1.29 is 14.2 Å². The van der Waals surface area contributed by atoms with Gasteiger partial charge in [-0.05, 0) is 30.7 Å². The number of ether oxygens (including phenoxy) is 3. The van der Waals surface area contributed by atoms with Gasteiger partial charge in [0.2, 0.25) is 0 Å². The molecule has 132 valence electrons. The predicted octanol–water partition coefficient (Wildman–Crippen LogP) is 3.59. The molecule has 1 heterocycles. The number of benzene rings is 2. The Hall–Kier alpha value is -2.11. The maximum atomic E-state index is 5.95. The predicted molar refractivity (Wildman–Crippen MR) is 103 cm³/mol. The topological polar surface area (TPSA) is 30.9 Å². The van der Waals surface area contributed by atoms with Crippen molar-refractivity contribution in [3.8, 4) is 11.5 Å². The molecule has 3 rings (SSSR count). The summed E-state index contributed by atoms with van der Waals surface area (Å²) in [6.45, 7) is 5.67. The van der Waals surface area contributed by atoms with Gasteiger partial charge in [-0.1, -0.05) is 42.0 Å². The largest absolute Gasteiger partial charge is 0.493 e. The smallest absolute Gasteiger partial charge is 0.161 e. The standard InChI is InChI=1S/C20H23NO3S/c1-15-4-3-5-16(12-15)14-24-18-7-6-17(13-19(18)22-2)20(25)21-8-10-23-11-9-21/h3-7,12-13H,8-11,14H2,1-2H3. The van der Waals surface area contributed by atoms with Crippen LogP contribution in [0.3, 0.4) is 0 Å². The molecule has 5 heteroatoms. The highest BCUT2D eigenvalue weighted by atomic mass is 32.1. The first-order chi connectivity index (χ1) is 12.2. The fourth-order valence-corrected chi connectivity index (χ4v) is 3.14. The van der Waals surface area contributed by atoms with Crippen LogP contribution in [0.5, 0.6) is 11.5 Å². The summed E-state index contributed by atoms with van der Waals surface area (Å²) >= 11 is 5.62. The minimum Gasteiger partial charge on any atom is -0.493 e. The van der Waals surface area contributed by atoms with Gasteiger partial charge >= 0.3 is 0 Å². The summed E-state index contributed by atoms with van der Waals surface area (Å²) in [5.41, 5.74) is 3.32. The summed E-state index contributed by atoms with van der Waals surface area (Å²) in [5.74, 6) is 1.42. The van der Waals surface area contributed by atoms with Crippen LogP contribution in [-0.2, 0) is 11.3 Å². The Kier molecular flexibility index (Phi) is 5.89. The van der Waals surface area contributed by atoms with Crippen LogP contribution in [0, 0.1) is 6.92 Å². The van der Waals surface area contributed by atoms with E-state index in [2.05, 4.69) is 30.0 Å². The molecule has 0 unspecified atom stereocenters. The van der Waals surface area contributed by atoms with E-state index in [1.807, 2.05) is 24.3 Å². The Balaban J connectivity index is 1.71.